The van der Waals surface area contributed by atoms with Crippen LogP contribution in [-0.4, -0.2) is 70.1 Å². The van der Waals surface area contributed by atoms with Crippen LogP contribution in [0.5, 0.6) is 0 Å². The molecule has 0 bridgehead atoms. The number of nitrogens with one attached hydrogen (secondary N) is 2. The van der Waals surface area contributed by atoms with Crippen LogP contribution in [-0.2, 0) is 0 Å². The number of rotatable bonds is 4. The fourth-order valence-corrected chi connectivity index (χ4v) is 4.44. The average molecular weight is 443 g/mol. The van der Waals surface area contributed by atoms with Crippen molar-refractivity contribution in [3.05, 3.63) is 41.6 Å². The predicted octanol–water partition coefficient (Wildman–Crippen LogP) is 2.83. The summed E-state index contributed by atoms with van der Waals surface area (Å²) in [7, 11) is 0. The molecule has 10 heteroatoms. The maximum atomic E-state index is 13.5. The van der Waals surface area contributed by atoms with Gasteiger partial charge in [-0.3, -0.25) is 4.90 Å². The van der Waals surface area contributed by atoms with Crippen LogP contribution in [0.1, 0.15) is 12.8 Å². The predicted molar refractivity (Wildman–Crippen MR) is 119 cm³/mol. The lowest BCUT2D eigenvalue weighted by molar-refractivity contribution is 0.153. The Kier molecular flexibility index (Phi) is 5.80. The molecule has 0 aliphatic carbocycles. The van der Waals surface area contributed by atoms with E-state index in [4.69, 9.17) is 16.6 Å². The van der Waals surface area contributed by atoms with Gasteiger partial charge in [0.25, 0.3) is 0 Å². The fourth-order valence-electron chi connectivity index (χ4n) is 4.26. The summed E-state index contributed by atoms with van der Waals surface area (Å²) in [6.07, 6.45) is 5.61. The first kappa shape index (κ1) is 20.3. The number of benzene rings is 1. The zero-order valence-corrected chi connectivity index (χ0v) is 17.8. The molecule has 5 rings (SSSR count). The number of nitrogens with zero attached hydrogens (tertiary/aromatic N) is 6. The number of hydrogen-bond donors (Lipinski definition) is 2. The van der Waals surface area contributed by atoms with E-state index in [0.29, 0.717) is 34.5 Å². The standard InChI is InChI=1S/C21H24ClFN8/c22-16-11-14(1-2-17(16)23)28-20-19-18(26-13-27-20)12-25-21(29-19)31-9-7-30(8-10-31)15-3-5-24-6-4-15/h1-2,11-13,15,24H,3-10H2,(H,26,27,28). The van der Waals surface area contributed by atoms with Crippen molar-refractivity contribution in [3.63, 3.8) is 0 Å². The third kappa shape index (κ3) is 4.39. The minimum atomic E-state index is -0.465. The minimum Gasteiger partial charge on any atom is -0.338 e. The Morgan fingerprint density at radius 1 is 1.06 bits per heavy atom. The third-order valence-electron chi connectivity index (χ3n) is 5.97. The normalized spacial score (nSPS) is 18.5. The summed E-state index contributed by atoms with van der Waals surface area (Å²) < 4.78 is 13.5. The van der Waals surface area contributed by atoms with Crippen molar-refractivity contribution in [3.8, 4) is 0 Å². The number of fused-ring (bicyclic) bond motifs is 1. The molecule has 1 aromatic carbocycles. The molecule has 2 aliphatic heterocycles. The maximum absolute atomic E-state index is 13.5. The van der Waals surface area contributed by atoms with E-state index in [2.05, 4.69) is 35.4 Å². The van der Waals surface area contributed by atoms with Gasteiger partial charge in [-0.15, -0.1) is 0 Å². The number of halogens is 2. The van der Waals surface area contributed by atoms with Gasteiger partial charge in [0.2, 0.25) is 5.95 Å². The Balaban J connectivity index is 1.34. The molecule has 0 saturated carbocycles. The first-order valence-corrected chi connectivity index (χ1v) is 10.9. The summed E-state index contributed by atoms with van der Waals surface area (Å²) in [5.41, 5.74) is 1.89. The SMILES string of the molecule is Fc1ccc(Nc2ncnc3cnc(N4CCN(C5CCNCC5)CC4)nc23)cc1Cl. The van der Waals surface area contributed by atoms with Crippen LogP contribution in [0.3, 0.4) is 0 Å². The molecule has 0 spiro atoms. The lowest BCUT2D eigenvalue weighted by Crippen LogP contribution is -2.53. The average Bonchev–Trinajstić information content (AvgIpc) is 2.82. The summed E-state index contributed by atoms with van der Waals surface area (Å²) in [5, 5.41) is 6.65. The second-order valence-corrected chi connectivity index (χ2v) is 8.29. The molecule has 0 amide bonds. The molecule has 2 aromatic heterocycles. The summed E-state index contributed by atoms with van der Waals surface area (Å²) in [6, 6.07) is 5.12. The Hall–Kier alpha value is -2.62. The largest absolute Gasteiger partial charge is 0.338 e. The van der Waals surface area contributed by atoms with E-state index in [0.717, 1.165) is 39.3 Å². The zero-order chi connectivity index (χ0) is 21.2. The number of aromatic nitrogens is 4. The topological polar surface area (TPSA) is 82.1 Å². The second-order valence-electron chi connectivity index (χ2n) is 7.88. The Morgan fingerprint density at radius 3 is 2.65 bits per heavy atom. The van der Waals surface area contributed by atoms with Gasteiger partial charge >= 0.3 is 0 Å². The fraction of sp³-hybridized carbons (Fsp3) is 0.429. The van der Waals surface area contributed by atoms with Crippen LogP contribution >= 0.6 is 11.6 Å². The highest BCUT2D eigenvalue weighted by molar-refractivity contribution is 6.31. The molecule has 2 aliphatic rings. The molecule has 0 atom stereocenters. The van der Waals surface area contributed by atoms with Gasteiger partial charge in [-0.05, 0) is 44.1 Å². The molecule has 0 radical (unpaired) electrons. The van der Waals surface area contributed by atoms with Gasteiger partial charge in [0.05, 0.1) is 11.2 Å². The Morgan fingerprint density at radius 2 is 1.87 bits per heavy atom. The summed E-state index contributed by atoms with van der Waals surface area (Å²) >= 11 is 5.91. The van der Waals surface area contributed by atoms with Crippen LogP contribution in [0.25, 0.3) is 11.0 Å². The molecular formula is C21H24ClFN8. The summed E-state index contributed by atoms with van der Waals surface area (Å²) in [5.74, 6) is 0.741. The molecule has 4 heterocycles. The van der Waals surface area contributed by atoms with Crippen LogP contribution < -0.4 is 15.5 Å². The van der Waals surface area contributed by atoms with E-state index >= 15 is 0 Å². The van der Waals surface area contributed by atoms with E-state index in [9.17, 15) is 4.39 Å². The molecular weight excluding hydrogens is 419 g/mol. The third-order valence-corrected chi connectivity index (χ3v) is 6.26. The first-order chi connectivity index (χ1) is 15.2. The van der Waals surface area contributed by atoms with Crippen LogP contribution in [0, 0.1) is 5.82 Å². The molecule has 2 saturated heterocycles. The molecule has 2 N–H and O–H groups in total. The van der Waals surface area contributed by atoms with Gasteiger partial charge in [0, 0.05) is 37.9 Å². The summed E-state index contributed by atoms with van der Waals surface area (Å²) in [6.45, 7) is 6.01. The van der Waals surface area contributed by atoms with Crippen LogP contribution in [0.4, 0.5) is 21.8 Å². The van der Waals surface area contributed by atoms with Gasteiger partial charge in [0.1, 0.15) is 23.2 Å². The van der Waals surface area contributed by atoms with Crippen LogP contribution in [0.15, 0.2) is 30.7 Å². The van der Waals surface area contributed by atoms with E-state index in [1.54, 1.807) is 12.3 Å². The van der Waals surface area contributed by atoms with E-state index in [1.807, 2.05) is 0 Å². The molecule has 3 aromatic rings. The minimum absolute atomic E-state index is 0.0466. The highest BCUT2D eigenvalue weighted by Gasteiger charge is 2.26. The van der Waals surface area contributed by atoms with Crippen molar-refractivity contribution >= 4 is 40.1 Å². The molecule has 8 nitrogen and oxygen atoms in total. The highest BCUT2D eigenvalue weighted by atomic mass is 35.5. The van der Waals surface area contributed by atoms with Gasteiger partial charge < -0.3 is 15.5 Å². The first-order valence-electron chi connectivity index (χ1n) is 10.6. The van der Waals surface area contributed by atoms with Gasteiger partial charge in [-0.1, -0.05) is 11.6 Å². The van der Waals surface area contributed by atoms with E-state index in [1.165, 1.54) is 31.3 Å². The monoisotopic (exact) mass is 442 g/mol. The van der Waals surface area contributed by atoms with E-state index < -0.39 is 5.82 Å². The lowest BCUT2D eigenvalue weighted by Gasteiger charge is -2.40. The van der Waals surface area contributed by atoms with Crippen molar-refractivity contribution < 1.29 is 4.39 Å². The summed E-state index contributed by atoms with van der Waals surface area (Å²) in [4.78, 5) is 22.7. The molecule has 2 fully saturated rings. The second kappa shape index (κ2) is 8.86. The van der Waals surface area contributed by atoms with Gasteiger partial charge in [0.15, 0.2) is 5.82 Å². The number of piperazine rings is 1. The molecule has 31 heavy (non-hydrogen) atoms. The van der Waals surface area contributed by atoms with Crippen molar-refractivity contribution in [1.82, 2.24) is 30.2 Å². The Bertz CT molecular complexity index is 1070. The van der Waals surface area contributed by atoms with Crippen molar-refractivity contribution in [2.45, 2.75) is 18.9 Å². The number of hydrogen-bond acceptors (Lipinski definition) is 8. The molecule has 0 unspecified atom stereocenters. The van der Waals surface area contributed by atoms with Gasteiger partial charge in [-0.25, -0.2) is 24.3 Å². The van der Waals surface area contributed by atoms with Gasteiger partial charge in [-0.2, -0.15) is 0 Å². The molecule has 162 valence electrons. The van der Waals surface area contributed by atoms with Crippen LogP contribution in [0.2, 0.25) is 5.02 Å². The zero-order valence-electron chi connectivity index (χ0n) is 17.1. The van der Waals surface area contributed by atoms with Crippen molar-refractivity contribution in [2.75, 3.05) is 49.5 Å². The van der Waals surface area contributed by atoms with Crippen molar-refractivity contribution in [2.24, 2.45) is 0 Å². The smallest absolute Gasteiger partial charge is 0.226 e. The quantitative estimate of drug-likeness (QED) is 0.638. The maximum Gasteiger partial charge on any atom is 0.226 e. The van der Waals surface area contributed by atoms with Crippen molar-refractivity contribution in [1.29, 1.82) is 0 Å². The lowest BCUT2D eigenvalue weighted by atomic mass is 10.0. The number of piperidine rings is 1. The van der Waals surface area contributed by atoms with E-state index in [-0.39, 0.29) is 5.02 Å². The highest BCUT2D eigenvalue weighted by Crippen LogP contribution is 2.26. The number of anilines is 3. The Labute approximate surface area is 184 Å².